The molecule has 2 N–H and O–H groups in total. The zero-order valence-corrected chi connectivity index (χ0v) is 10.5. The molecule has 1 unspecified atom stereocenters. The molecular formula is C13H19F2NO. The fraction of sp³-hybridized carbons (Fsp3) is 0.538. The fourth-order valence-corrected chi connectivity index (χ4v) is 2.12. The van der Waals surface area contributed by atoms with Crippen molar-refractivity contribution in [3.63, 3.8) is 0 Å². The van der Waals surface area contributed by atoms with Crippen LogP contribution in [-0.2, 0) is 0 Å². The molecule has 0 aliphatic carbocycles. The topological polar surface area (TPSA) is 35.2 Å². The minimum Gasteiger partial charge on any atom is -0.496 e. The molecule has 0 bridgehead atoms. The fourth-order valence-electron chi connectivity index (χ4n) is 2.12. The van der Waals surface area contributed by atoms with Gasteiger partial charge in [0, 0.05) is 5.56 Å². The van der Waals surface area contributed by atoms with E-state index in [9.17, 15) is 8.78 Å². The molecule has 17 heavy (non-hydrogen) atoms. The summed E-state index contributed by atoms with van der Waals surface area (Å²) in [7, 11) is 1.43. The predicted octanol–water partition coefficient (Wildman–Crippen LogP) is 3.39. The largest absolute Gasteiger partial charge is 0.496 e. The minimum absolute atomic E-state index is 0.0445. The van der Waals surface area contributed by atoms with Crippen LogP contribution in [0.25, 0.3) is 0 Å². The molecule has 96 valence electrons. The summed E-state index contributed by atoms with van der Waals surface area (Å²) in [6.45, 7) is 4.41. The van der Waals surface area contributed by atoms with Crippen LogP contribution in [0, 0.1) is 6.92 Å². The average molecular weight is 243 g/mol. The van der Waals surface area contributed by atoms with Crippen molar-refractivity contribution in [1.82, 2.24) is 0 Å². The van der Waals surface area contributed by atoms with Crippen LogP contribution in [0.3, 0.4) is 0 Å². The van der Waals surface area contributed by atoms with E-state index < -0.39 is 6.43 Å². The third kappa shape index (κ3) is 2.94. The van der Waals surface area contributed by atoms with Gasteiger partial charge in [-0.2, -0.15) is 0 Å². The van der Waals surface area contributed by atoms with E-state index in [-0.39, 0.29) is 11.5 Å². The molecule has 0 amide bonds. The summed E-state index contributed by atoms with van der Waals surface area (Å²) in [5.74, 6) is 0.426. The Kier molecular flexibility index (Phi) is 4.87. The van der Waals surface area contributed by atoms with Crippen LogP contribution < -0.4 is 10.5 Å². The first kappa shape index (κ1) is 13.9. The van der Waals surface area contributed by atoms with E-state index in [2.05, 4.69) is 0 Å². The SMILES string of the molecule is COc1c(C(F)F)ccc(C)c1C(C)CCN. The number of methoxy groups -OCH3 is 1. The van der Waals surface area contributed by atoms with Gasteiger partial charge in [-0.15, -0.1) is 0 Å². The number of aryl methyl sites for hydroxylation is 1. The third-order valence-corrected chi connectivity index (χ3v) is 2.98. The predicted molar refractivity (Wildman–Crippen MR) is 64.8 cm³/mol. The summed E-state index contributed by atoms with van der Waals surface area (Å²) in [5, 5.41) is 0. The van der Waals surface area contributed by atoms with E-state index in [0.29, 0.717) is 12.3 Å². The lowest BCUT2D eigenvalue weighted by molar-refractivity contribution is 0.146. The summed E-state index contributed by atoms with van der Waals surface area (Å²) in [6.07, 6.45) is -1.77. The normalized spacial score (nSPS) is 12.9. The Morgan fingerprint density at radius 1 is 1.35 bits per heavy atom. The molecule has 1 aromatic carbocycles. The van der Waals surface area contributed by atoms with E-state index in [1.165, 1.54) is 13.2 Å². The third-order valence-electron chi connectivity index (χ3n) is 2.98. The van der Waals surface area contributed by atoms with Crippen molar-refractivity contribution < 1.29 is 13.5 Å². The van der Waals surface area contributed by atoms with Crippen molar-refractivity contribution in [3.8, 4) is 5.75 Å². The lowest BCUT2D eigenvalue weighted by atomic mass is 9.91. The number of alkyl halides is 2. The Morgan fingerprint density at radius 3 is 2.47 bits per heavy atom. The van der Waals surface area contributed by atoms with Crippen LogP contribution in [0.2, 0.25) is 0 Å². The van der Waals surface area contributed by atoms with Gasteiger partial charge < -0.3 is 10.5 Å². The molecule has 0 heterocycles. The monoisotopic (exact) mass is 243 g/mol. The highest BCUT2D eigenvalue weighted by molar-refractivity contribution is 5.48. The van der Waals surface area contributed by atoms with Crippen molar-refractivity contribution >= 4 is 0 Å². The van der Waals surface area contributed by atoms with Gasteiger partial charge in [-0.1, -0.05) is 13.0 Å². The zero-order chi connectivity index (χ0) is 13.0. The summed E-state index contributed by atoms with van der Waals surface area (Å²) in [6, 6.07) is 3.14. The number of nitrogens with two attached hydrogens (primary N) is 1. The molecule has 0 radical (unpaired) electrons. The van der Waals surface area contributed by atoms with Gasteiger partial charge in [0.2, 0.25) is 0 Å². The van der Waals surface area contributed by atoms with Crippen LogP contribution >= 0.6 is 0 Å². The Morgan fingerprint density at radius 2 is 2.00 bits per heavy atom. The molecule has 0 aromatic heterocycles. The number of rotatable bonds is 5. The molecule has 0 aliphatic heterocycles. The zero-order valence-electron chi connectivity index (χ0n) is 10.5. The maximum atomic E-state index is 12.9. The minimum atomic E-state index is -2.52. The van der Waals surface area contributed by atoms with Gasteiger partial charge in [-0.3, -0.25) is 0 Å². The summed E-state index contributed by atoms with van der Waals surface area (Å²) >= 11 is 0. The number of hydrogen-bond acceptors (Lipinski definition) is 2. The van der Waals surface area contributed by atoms with Crippen molar-refractivity contribution in [2.45, 2.75) is 32.6 Å². The van der Waals surface area contributed by atoms with Gasteiger partial charge in [0.25, 0.3) is 6.43 Å². The molecular weight excluding hydrogens is 224 g/mol. The molecule has 1 aromatic rings. The smallest absolute Gasteiger partial charge is 0.267 e. The number of hydrogen-bond donors (Lipinski definition) is 1. The first-order chi connectivity index (χ1) is 8.02. The van der Waals surface area contributed by atoms with Crippen molar-refractivity contribution in [3.05, 3.63) is 28.8 Å². The van der Waals surface area contributed by atoms with E-state index in [1.807, 2.05) is 13.8 Å². The van der Waals surface area contributed by atoms with Crippen LogP contribution in [0.5, 0.6) is 5.75 Å². The van der Waals surface area contributed by atoms with Gasteiger partial charge in [0.1, 0.15) is 5.75 Å². The quantitative estimate of drug-likeness (QED) is 0.860. The van der Waals surface area contributed by atoms with Gasteiger partial charge in [0.15, 0.2) is 0 Å². The summed E-state index contributed by atoms with van der Waals surface area (Å²) in [4.78, 5) is 0. The molecule has 4 heteroatoms. The molecule has 1 atom stereocenters. The molecule has 0 saturated carbocycles. The summed E-state index contributed by atoms with van der Waals surface area (Å²) in [5.41, 5.74) is 7.28. The van der Waals surface area contributed by atoms with Gasteiger partial charge in [-0.05, 0) is 37.4 Å². The lowest BCUT2D eigenvalue weighted by Crippen LogP contribution is -2.08. The second kappa shape index (κ2) is 5.96. The highest BCUT2D eigenvalue weighted by Gasteiger charge is 2.21. The maximum Gasteiger partial charge on any atom is 0.267 e. The Balaban J connectivity index is 3.29. The Bertz CT molecular complexity index is 380. The van der Waals surface area contributed by atoms with Crippen LogP contribution in [-0.4, -0.2) is 13.7 Å². The van der Waals surface area contributed by atoms with Crippen LogP contribution in [0.1, 0.15) is 42.4 Å². The van der Waals surface area contributed by atoms with Crippen LogP contribution in [0.4, 0.5) is 8.78 Å². The van der Waals surface area contributed by atoms with E-state index in [0.717, 1.165) is 17.5 Å². The molecule has 0 aliphatic rings. The number of benzene rings is 1. The van der Waals surface area contributed by atoms with Gasteiger partial charge >= 0.3 is 0 Å². The van der Waals surface area contributed by atoms with Crippen molar-refractivity contribution in [1.29, 1.82) is 0 Å². The van der Waals surface area contributed by atoms with E-state index >= 15 is 0 Å². The Hall–Kier alpha value is -1.16. The molecule has 1 rings (SSSR count). The maximum absolute atomic E-state index is 12.9. The van der Waals surface area contributed by atoms with Crippen molar-refractivity contribution in [2.75, 3.05) is 13.7 Å². The van der Waals surface area contributed by atoms with Gasteiger partial charge in [0.05, 0.1) is 12.7 Å². The standard InChI is InChI=1S/C13H19F2NO/c1-8-4-5-10(13(14)15)12(17-3)11(8)9(2)6-7-16/h4-5,9,13H,6-7,16H2,1-3H3. The second-order valence-electron chi connectivity index (χ2n) is 4.20. The van der Waals surface area contributed by atoms with Crippen LogP contribution in [0.15, 0.2) is 12.1 Å². The number of halogens is 2. The molecule has 2 nitrogen and oxygen atoms in total. The van der Waals surface area contributed by atoms with Crippen molar-refractivity contribution in [2.24, 2.45) is 5.73 Å². The highest BCUT2D eigenvalue weighted by atomic mass is 19.3. The molecule has 0 spiro atoms. The molecule has 0 saturated heterocycles. The van der Waals surface area contributed by atoms with Gasteiger partial charge in [-0.25, -0.2) is 8.78 Å². The average Bonchev–Trinajstić information content (AvgIpc) is 2.28. The first-order valence-corrected chi connectivity index (χ1v) is 5.68. The second-order valence-corrected chi connectivity index (χ2v) is 4.20. The number of ether oxygens (including phenoxy) is 1. The lowest BCUT2D eigenvalue weighted by Gasteiger charge is -2.20. The highest BCUT2D eigenvalue weighted by Crippen LogP contribution is 2.38. The summed E-state index contributed by atoms with van der Waals surface area (Å²) < 4.78 is 30.9. The molecule has 0 fully saturated rings. The Labute approximate surface area is 101 Å². The first-order valence-electron chi connectivity index (χ1n) is 5.68. The van der Waals surface area contributed by atoms with E-state index in [1.54, 1.807) is 6.07 Å². The van der Waals surface area contributed by atoms with E-state index in [4.69, 9.17) is 10.5 Å².